The van der Waals surface area contributed by atoms with Gasteiger partial charge in [-0.3, -0.25) is 4.98 Å². The lowest BCUT2D eigenvalue weighted by molar-refractivity contribution is -0.148. The molecule has 5 heteroatoms. The van der Waals surface area contributed by atoms with Crippen LogP contribution in [0.15, 0.2) is 30.6 Å². The summed E-state index contributed by atoms with van der Waals surface area (Å²) in [5, 5.41) is 0. The number of hydrogen-bond donors (Lipinski definition) is 0. The number of aryl methyl sites for hydroxylation is 1. The van der Waals surface area contributed by atoms with Crippen LogP contribution in [0.25, 0.3) is 11.4 Å². The lowest BCUT2D eigenvalue weighted by atomic mass is 9.94. The lowest BCUT2D eigenvalue weighted by Gasteiger charge is -2.49. The molecule has 0 bridgehead atoms. The molecule has 1 aliphatic carbocycles. The summed E-state index contributed by atoms with van der Waals surface area (Å²) in [7, 11) is 0. The van der Waals surface area contributed by atoms with E-state index in [1.54, 1.807) is 12.4 Å². The first-order chi connectivity index (χ1) is 12.5. The Kier molecular flexibility index (Phi) is 4.43. The number of pyridine rings is 1. The molecule has 2 aromatic heterocycles. The molecule has 138 valence electrons. The highest BCUT2D eigenvalue weighted by molar-refractivity contribution is 5.57. The summed E-state index contributed by atoms with van der Waals surface area (Å²) in [5.41, 5.74) is 1.90. The summed E-state index contributed by atoms with van der Waals surface area (Å²) in [5.74, 6) is 1.80. The molecule has 1 saturated carbocycles. The van der Waals surface area contributed by atoms with Crippen molar-refractivity contribution >= 4 is 5.82 Å². The van der Waals surface area contributed by atoms with Crippen molar-refractivity contribution in [2.24, 2.45) is 0 Å². The van der Waals surface area contributed by atoms with Crippen LogP contribution in [0.2, 0.25) is 0 Å². The van der Waals surface area contributed by atoms with Gasteiger partial charge in [0.2, 0.25) is 0 Å². The van der Waals surface area contributed by atoms with Gasteiger partial charge in [0.05, 0.1) is 11.2 Å². The Morgan fingerprint density at radius 3 is 2.50 bits per heavy atom. The highest BCUT2D eigenvalue weighted by Gasteiger charge is 2.46. The zero-order valence-electron chi connectivity index (χ0n) is 16.0. The van der Waals surface area contributed by atoms with Crippen molar-refractivity contribution in [2.75, 3.05) is 18.0 Å². The van der Waals surface area contributed by atoms with Crippen LogP contribution in [0, 0.1) is 0 Å². The molecule has 1 aliphatic heterocycles. The number of morpholine rings is 1. The fraction of sp³-hybridized carbons (Fsp3) is 0.571. The van der Waals surface area contributed by atoms with E-state index in [2.05, 4.69) is 36.7 Å². The molecule has 0 amide bonds. The molecule has 2 fully saturated rings. The average molecular weight is 352 g/mol. The Balaban J connectivity index is 1.72. The first-order valence-electron chi connectivity index (χ1n) is 9.72. The van der Waals surface area contributed by atoms with Crippen LogP contribution >= 0.6 is 0 Å². The normalized spacial score (nSPS) is 21.3. The topological polar surface area (TPSA) is 51.1 Å². The van der Waals surface area contributed by atoms with Gasteiger partial charge in [0.25, 0.3) is 0 Å². The molecule has 5 nitrogen and oxygen atoms in total. The Morgan fingerprint density at radius 2 is 1.81 bits per heavy atom. The summed E-state index contributed by atoms with van der Waals surface area (Å²) in [6.07, 6.45) is 9.30. The van der Waals surface area contributed by atoms with E-state index in [1.807, 2.05) is 12.1 Å². The average Bonchev–Trinajstić information content (AvgIpc) is 3.07. The van der Waals surface area contributed by atoms with Gasteiger partial charge in [0, 0.05) is 42.8 Å². The molecule has 0 N–H and O–H groups in total. The van der Waals surface area contributed by atoms with Crippen LogP contribution in [0.5, 0.6) is 0 Å². The number of ether oxygens (including phenoxy) is 1. The van der Waals surface area contributed by atoms with E-state index in [0.717, 1.165) is 55.3 Å². The predicted octanol–water partition coefficient (Wildman–Crippen LogP) is 4.03. The highest BCUT2D eigenvalue weighted by atomic mass is 16.5. The molecule has 1 saturated heterocycles. The smallest absolute Gasteiger partial charge is 0.161 e. The van der Waals surface area contributed by atoms with Gasteiger partial charge in [-0.25, -0.2) is 9.97 Å². The van der Waals surface area contributed by atoms with E-state index in [-0.39, 0.29) is 11.2 Å². The van der Waals surface area contributed by atoms with Crippen LogP contribution < -0.4 is 4.90 Å². The molecule has 0 atom stereocenters. The van der Waals surface area contributed by atoms with Gasteiger partial charge in [-0.1, -0.05) is 19.8 Å². The third-order valence-corrected chi connectivity index (χ3v) is 5.45. The first-order valence-corrected chi connectivity index (χ1v) is 9.72. The molecule has 0 unspecified atom stereocenters. The van der Waals surface area contributed by atoms with Crippen molar-refractivity contribution in [1.82, 2.24) is 15.0 Å². The molecule has 2 aliphatic rings. The van der Waals surface area contributed by atoms with Crippen molar-refractivity contribution in [3.05, 3.63) is 36.3 Å². The molecule has 3 heterocycles. The second-order valence-corrected chi connectivity index (χ2v) is 8.24. The second-order valence-electron chi connectivity index (χ2n) is 8.24. The zero-order valence-corrected chi connectivity index (χ0v) is 16.0. The van der Waals surface area contributed by atoms with Crippen LogP contribution in [-0.4, -0.2) is 39.2 Å². The third-order valence-electron chi connectivity index (χ3n) is 5.45. The van der Waals surface area contributed by atoms with E-state index < -0.39 is 0 Å². The quantitative estimate of drug-likeness (QED) is 0.835. The largest absolute Gasteiger partial charge is 0.365 e. The van der Waals surface area contributed by atoms with Crippen molar-refractivity contribution in [1.29, 1.82) is 0 Å². The fourth-order valence-electron chi connectivity index (χ4n) is 4.41. The highest BCUT2D eigenvalue weighted by Crippen LogP contribution is 2.41. The molecule has 0 aromatic carbocycles. The summed E-state index contributed by atoms with van der Waals surface area (Å²) in [4.78, 5) is 16.2. The van der Waals surface area contributed by atoms with Crippen molar-refractivity contribution in [2.45, 2.75) is 64.1 Å². The van der Waals surface area contributed by atoms with Gasteiger partial charge in [0.1, 0.15) is 5.82 Å². The van der Waals surface area contributed by atoms with Gasteiger partial charge >= 0.3 is 0 Å². The van der Waals surface area contributed by atoms with E-state index in [4.69, 9.17) is 14.7 Å². The van der Waals surface area contributed by atoms with Crippen molar-refractivity contribution in [3.63, 3.8) is 0 Å². The second kappa shape index (κ2) is 6.62. The molecular formula is C21H28N4O. The predicted molar refractivity (Wildman–Crippen MR) is 103 cm³/mol. The van der Waals surface area contributed by atoms with Crippen molar-refractivity contribution < 1.29 is 4.74 Å². The van der Waals surface area contributed by atoms with Crippen molar-refractivity contribution in [3.8, 4) is 11.4 Å². The SMILES string of the molecule is CCc1cc(N2CC(C)(C)OC3(CCCC3)C2)nc(-c2ccncc2)n1. The molecule has 0 radical (unpaired) electrons. The monoisotopic (exact) mass is 352 g/mol. The minimum Gasteiger partial charge on any atom is -0.365 e. The van der Waals surface area contributed by atoms with E-state index in [0.29, 0.717) is 0 Å². The molecular weight excluding hydrogens is 324 g/mol. The number of rotatable bonds is 3. The van der Waals surface area contributed by atoms with Gasteiger partial charge in [-0.15, -0.1) is 0 Å². The lowest BCUT2D eigenvalue weighted by Crippen LogP contribution is -2.59. The van der Waals surface area contributed by atoms with Crippen LogP contribution in [0.4, 0.5) is 5.82 Å². The minimum atomic E-state index is -0.170. The molecule has 2 aromatic rings. The van der Waals surface area contributed by atoms with E-state index in [1.165, 1.54) is 12.8 Å². The maximum atomic E-state index is 6.55. The maximum absolute atomic E-state index is 6.55. The Morgan fingerprint density at radius 1 is 1.08 bits per heavy atom. The van der Waals surface area contributed by atoms with Crippen LogP contribution in [0.1, 0.15) is 52.1 Å². The van der Waals surface area contributed by atoms with Gasteiger partial charge in [0.15, 0.2) is 5.82 Å². The number of nitrogens with zero attached hydrogens (tertiary/aromatic N) is 4. The van der Waals surface area contributed by atoms with E-state index >= 15 is 0 Å². The summed E-state index contributed by atoms with van der Waals surface area (Å²) in [6.45, 7) is 8.32. The Labute approximate surface area is 155 Å². The minimum absolute atomic E-state index is 0.0179. The van der Waals surface area contributed by atoms with Gasteiger partial charge in [-0.2, -0.15) is 0 Å². The van der Waals surface area contributed by atoms with Gasteiger partial charge < -0.3 is 9.64 Å². The standard InChI is InChI=1S/C21H28N4O/c1-4-17-13-18(24-19(23-17)16-7-11-22-12-8-16)25-14-20(2,3)26-21(15-25)9-5-6-10-21/h7-8,11-13H,4-6,9-10,14-15H2,1-3H3. The van der Waals surface area contributed by atoms with Gasteiger partial charge in [-0.05, 0) is 45.2 Å². The molecule has 1 spiro atoms. The van der Waals surface area contributed by atoms with E-state index in [9.17, 15) is 0 Å². The number of anilines is 1. The molecule has 4 rings (SSSR count). The summed E-state index contributed by atoms with van der Waals surface area (Å²) < 4.78 is 6.55. The number of aromatic nitrogens is 3. The first kappa shape index (κ1) is 17.4. The third kappa shape index (κ3) is 3.45. The van der Waals surface area contributed by atoms with Crippen LogP contribution in [0.3, 0.4) is 0 Å². The Hall–Kier alpha value is -2.01. The Bertz CT molecular complexity index is 769. The maximum Gasteiger partial charge on any atom is 0.161 e. The molecule has 26 heavy (non-hydrogen) atoms. The fourth-order valence-corrected chi connectivity index (χ4v) is 4.41. The summed E-state index contributed by atoms with van der Waals surface area (Å²) in [6, 6.07) is 6.09. The zero-order chi connectivity index (χ0) is 18.2. The summed E-state index contributed by atoms with van der Waals surface area (Å²) >= 11 is 0. The van der Waals surface area contributed by atoms with Crippen LogP contribution in [-0.2, 0) is 11.2 Å². The number of hydrogen-bond acceptors (Lipinski definition) is 5.